The van der Waals surface area contributed by atoms with E-state index < -0.39 is 5.54 Å². The lowest BCUT2D eigenvalue weighted by Gasteiger charge is -2.41. The number of fused-ring (bicyclic) bond motifs is 3. The molecule has 1 aliphatic heterocycles. The van der Waals surface area contributed by atoms with Crippen LogP contribution in [0, 0.1) is 17.8 Å². The smallest absolute Gasteiger partial charge is 0.323 e. The first kappa shape index (κ1) is 24.6. The highest BCUT2D eigenvalue weighted by Gasteiger charge is 2.51. The zero-order valence-corrected chi connectivity index (χ0v) is 22.8. The van der Waals surface area contributed by atoms with E-state index in [-0.39, 0.29) is 11.9 Å². The largest absolute Gasteiger partial charge is 0.497 e. The van der Waals surface area contributed by atoms with Crippen LogP contribution in [0.4, 0.5) is 10.5 Å². The number of hydrogen-bond donors (Lipinski definition) is 1. The summed E-state index contributed by atoms with van der Waals surface area (Å²) >= 11 is 6.59. The zero-order chi connectivity index (χ0) is 27.3. The van der Waals surface area contributed by atoms with Crippen molar-refractivity contribution >= 4 is 44.9 Å². The predicted octanol–water partition coefficient (Wildman–Crippen LogP) is 8.04. The lowest BCUT2D eigenvalue weighted by molar-refractivity contribution is 0.231. The van der Waals surface area contributed by atoms with Gasteiger partial charge in [0.2, 0.25) is 0 Å². The summed E-state index contributed by atoms with van der Waals surface area (Å²) in [5, 5.41) is 8.58. The highest BCUT2D eigenvalue weighted by molar-refractivity contribution is 6.30. The van der Waals surface area contributed by atoms with Gasteiger partial charge in [-0.25, -0.2) is 4.79 Å². The van der Waals surface area contributed by atoms with Crippen molar-refractivity contribution in [2.75, 3.05) is 12.0 Å². The van der Waals surface area contributed by atoms with Gasteiger partial charge >= 0.3 is 6.03 Å². The topological polar surface area (TPSA) is 41.6 Å². The minimum Gasteiger partial charge on any atom is -0.497 e. The van der Waals surface area contributed by atoms with Crippen LogP contribution in [0.2, 0.25) is 5.02 Å². The minimum atomic E-state index is -0.811. The van der Waals surface area contributed by atoms with E-state index >= 15 is 0 Å². The summed E-state index contributed by atoms with van der Waals surface area (Å²) in [7, 11) is 1.65. The van der Waals surface area contributed by atoms with Crippen LogP contribution >= 0.6 is 11.6 Å². The number of methoxy groups -OCH3 is 1. The van der Waals surface area contributed by atoms with Crippen molar-refractivity contribution in [3.05, 3.63) is 119 Å². The van der Waals surface area contributed by atoms with Gasteiger partial charge in [-0.2, -0.15) is 0 Å². The minimum absolute atomic E-state index is 0.150. The molecule has 0 bridgehead atoms. The molecule has 0 spiro atoms. The maximum atomic E-state index is 14.1. The van der Waals surface area contributed by atoms with Crippen molar-refractivity contribution in [3.8, 4) is 17.6 Å². The molecule has 5 aromatic rings. The molecule has 40 heavy (non-hydrogen) atoms. The number of hydrogen-bond acceptors (Lipinski definition) is 2. The van der Waals surface area contributed by atoms with Crippen LogP contribution in [-0.2, 0) is 12.1 Å². The third kappa shape index (κ3) is 4.15. The van der Waals surface area contributed by atoms with E-state index in [0.29, 0.717) is 11.6 Å². The Labute approximate surface area is 238 Å². The Morgan fingerprint density at radius 1 is 0.925 bits per heavy atom. The molecule has 2 amide bonds. The lowest BCUT2D eigenvalue weighted by Crippen LogP contribution is -2.57. The Hall–Kier alpha value is -4.46. The molecule has 2 aliphatic rings. The Kier molecular flexibility index (Phi) is 5.91. The number of ether oxygens (including phenoxy) is 1. The Balaban J connectivity index is 1.37. The molecule has 196 valence electrons. The molecule has 7 rings (SSSR count). The van der Waals surface area contributed by atoms with Crippen LogP contribution in [0.15, 0.2) is 97.1 Å². The van der Waals surface area contributed by atoms with Crippen molar-refractivity contribution in [1.29, 1.82) is 0 Å². The maximum absolute atomic E-state index is 14.1. The summed E-state index contributed by atoms with van der Waals surface area (Å²) in [6, 6.07) is 32.3. The summed E-state index contributed by atoms with van der Waals surface area (Å²) in [6.45, 7) is 0.426. The van der Waals surface area contributed by atoms with Crippen molar-refractivity contribution < 1.29 is 9.53 Å². The van der Waals surface area contributed by atoms with E-state index in [2.05, 4.69) is 71.8 Å². The molecule has 5 heteroatoms. The van der Waals surface area contributed by atoms with Crippen molar-refractivity contribution in [1.82, 2.24) is 5.32 Å². The highest BCUT2D eigenvalue weighted by Crippen LogP contribution is 2.51. The Morgan fingerprint density at radius 2 is 1.60 bits per heavy atom. The lowest BCUT2D eigenvalue weighted by atomic mass is 9.82. The van der Waals surface area contributed by atoms with Crippen molar-refractivity contribution in [2.24, 2.45) is 5.92 Å². The average molecular weight is 543 g/mol. The number of nitrogens with one attached hydrogen (secondary N) is 1. The first-order valence-electron chi connectivity index (χ1n) is 13.5. The number of nitrogens with zero attached hydrogens (tertiary/aromatic N) is 1. The Morgan fingerprint density at radius 3 is 2.25 bits per heavy atom. The van der Waals surface area contributed by atoms with Crippen LogP contribution in [-0.4, -0.2) is 13.1 Å². The number of urea groups is 1. The molecule has 5 aromatic carbocycles. The number of benzene rings is 5. The maximum Gasteiger partial charge on any atom is 0.323 e. The SMILES string of the molecule is COc1ccc(C#C[C@]2(C3CC3)NC(=O)N(Cc3c4ccccc4cc4ccccc34)c3ccc(Cl)cc32)cc1. The third-order valence-electron chi connectivity index (χ3n) is 8.11. The molecule has 4 nitrogen and oxygen atoms in total. The fraction of sp³-hybridized carbons (Fsp3) is 0.171. The van der Waals surface area contributed by atoms with Gasteiger partial charge in [-0.3, -0.25) is 4.90 Å². The van der Waals surface area contributed by atoms with Crippen LogP contribution < -0.4 is 15.0 Å². The molecular formula is C35H27ClN2O2. The summed E-state index contributed by atoms with van der Waals surface area (Å²) in [4.78, 5) is 15.9. The van der Waals surface area contributed by atoms with E-state index in [1.165, 1.54) is 0 Å². The van der Waals surface area contributed by atoms with E-state index in [1.54, 1.807) is 7.11 Å². The first-order chi connectivity index (χ1) is 19.6. The molecule has 1 saturated carbocycles. The number of carbonyl (C=O) groups is 1. The number of anilines is 1. The normalized spacial score (nSPS) is 18.1. The molecule has 1 atom stereocenters. The average Bonchev–Trinajstić information content (AvgIpc) is 3.84. The second-order valence-electron chi connectivity index (χ2n) is 10.5. The molecule has 0 unspecified atom stereocenters. The second kappa shape index (κ2) is 9.62. The van der Waals surface area contributed by atoms with E-state index in [1.807, 2.05) is 47.4 Å². The summed E-state index contributed by atoms with van der Waals surface area (Å²) < 4.78 is 5.29. The molecular weight excluding hydrogens is 516 g/mol. The molecule has 1 fully saturated rings. The van der Waals surface area contributed by atoms with Crippen LogP contribution in [0.25, 0.3) is 21.5 Å². The zero-order valence-electron chi connectivity index (χ0n) is 22.1. The number of halogens is 1. The van der Waals surface area contributed by atoms with Gasteiger partial charge in [0, 0.05) is 16.1 Å². The van der Waals surface area contributed by atoms with Gasteiger partial charge in [0.15, 0.2) is 0 Å². The molecule has 0 saturated heterocycles. The van der Waals surface area contributed by atoms with Gasteiger partial charge in [0.25, 0.3) is 0 Å². The first-order valence-corrected chi connectivity index (χ1v) is 13.9. The fourth-order valence-corrected chi connectivity index (χ4v) is 6.12. The van der Waals surface area contributed by atoms with Crippen LogP contribution in [0.3, 0.4) is 0 Å². The molecule has 1 aliphatic carbocycles. The van der Waals surface area contributed by atoms with E-state index in [9.17, 15) is 4.79 Å². The van der Waals surface area contributed by atoms with Gasteiger partial charge < -0.3 is 10.1 Å². The van der Waals surface area contributed by atoms with Crippen LogP contribution in [0.1, 0.15) is 29.5 Å². The summed E-state index contributed by atoms with van der Waals surface area (Å²) in [5.41, 5.74) is 2.97. The van der Waals surface area contributed by atoms with Gasteiger partial charge in [0.05, 0.1) is 19.3 Å². The molecule has 1 heterocycles. The molecule has 1 N–H and O–H groups in total. The third-order valence-corrected chi connectivity index (χ3v) is 8.34. The van der Waals surface area contributed by atoms with Gasteiger partial charge in [0.1, 0.15) is 11.3 Å². The predicted molar refractivity (Wildman–Crippen MR) is 162 cm³/mol. The van der Waals surface area contributed by atoms with E-state index in [0.717, 1.165) is 62.5 Å². The summed E-state index contributed by atoms with van der Waals surface area (Å²) in [5.74, 6) is 7.84. The number of carbonyl (C=O) groups excluding carboxylic acids is 1. The monoisotopic (exact) mass is 542 g/mol. The van der Waals surface area contributed by atoms with Crippen molar-refractivity contribution in [3.63, 3.8) is 0 Å². The molecule has 0 aromatic heterocycles. The van der Waals surface area contributed by atoms with Crippen molar-refractivity contribution in [2.45, 2.75) is 24.9 Å². The van der Waals surface area contributed by atoms with Crippen LogP contribution in [0.5, 0.6) is 5.75 Å². The highest BCUT2D eigenvalue weighted by atomic mass is 35.5. The standard InChI is InChI=1S/C35H27ClN2O2/c1-40-28-15-10-23(11-16-28)18-19-35(26-12-13-26)32-21-27(36)14-17-33(32)38(34(39)37-35)22-31-29-8-4-2-6-24(29)20-25-7-3-5-9-30(25)31/h2-11,14-17,20-21,26H,12-13,22H2,1H3,(H,37,39)/t35-/m1/s1. The number of rotatable bonds is 4. The second-order valence-corrected chi connectivity index (χ2v) is 11.0. The van der Waals surface area contributed by atoms with E-state index in [4.69, 9.17) is 16.3 Å². The fourth-order valence-electron chi connectivity index (χ4n) is 5.95. The molecule has 0 radical (unpaired) electrons. The van der Waals surface area contributed by atoms with Gasteiger partial charge in [-0.1, -0.05) is 72.0 Å². The van der Waals surface area contributed by atoms with Gasteiger partial charge in [-0.05, 0) is 94.4 Å². The quantitative estimate of drug-likeness (QED) is 0.184. The summed E-state index contributed by atoms with van der Waals surface area (Å²) in [6.07, 6.45) is 2.00. The van der Waals surface area contributed by atoms with Gasteiger partial charge in [-0.15, -0.1) is 0 Å². The number of amides is 2. The Bertz CT molecular complexity index is 1800.